The molecule has 1 aliphatic rings. The van der Waals surface area contributed by atoms with Crippen LogP contribution in [0, 0.1) is 5.82 Å². The lowest BCUT2D eigenvalue weighted by Crippen LogP contribution is -2.67. The summed E-state index contributed by atoms with van der Waals surface area (Å²) in [6, 6.07) is 5.07. The maximum atomic E-state index is 14.4. The summed E-state index contributed by atoms with van der Waals surface area (Å²) >= 11 is 5.71. The lowest BCUT2D eigenvalue weighted by Gasteiger charge is -2.47. The highest BCUT2D eigenvalue weighted by atomic mass is 35.5. The molecule has 1 saturated heterocycles. The Morgan fingerprint density at radius 2 is 1.88 bits per heavy atom. The lowest BCUT2D eigenvalue weighted by atomic mass is 9.88. The molecule has 1 aromatic heterocycles. The third kappa shape index (κ3) is 5.08. The van der Waals surface area contributed by atoms with Crippen LogP contribution in [0.4, 0.5) is 23.4 Å². The van der Waals surface area contributed by atoms with Gasteiger partial charge in [-0.2, -0.15) is 13.2 Å². The summed E-state index contributed by atoms with van der Waals surface area (Å²) in [5, 5.41) is -0.00699. The van der Waals surface area contributed by atoms with Crippen LogP contribution >= 0.6 is 11.6 Å². The number of anilines is 1. The molecule has 3 rings (SSSR count). The van der Waals surface area contributed by atoms with E-state index in [1.165, 1.54) is 19.1 Å². The molecule has 1 aromatic carbocycles. The molecule has 176 valence electrons. The fourth-order valence-electron chi connectivity index (χ4n) is 3.60. The molecule has 12 heteroatoms. The van der Waals surface area contributed by atoms with Gasteiger partial charge in [0.25, 0.3) is 5.91 Å². The molecule has 0 saturated carbocycles. The molecule has 0 radical (unpaired) electrons. The Morgan fingerprint density at radius 3 is 2.42 bits per heavy atom. The van der Waals surface area contributed by atoms with Crippen molar-refractivity contribution in [2.24, 2.45) is 5.73 Å². The lowest BCUT2D eigenvalue weighted by molar-refractivity contribution is -0.151. The van der Waals surface area contributed by atoms with Gasteiger partial charge in [-0.1, -0.05) is 23.7 Å². The number of nitrogens with two attached hydrogens (primary N) is 1. The van der Waals surface area contributed by atoms with Crippen molar-refractivity contribution in [3.8, 4) is 0 Å². The summed E-state index contributed by atoms with van der Waals surface area (Å²) < 4.78 is 53.0. The van der Waals surface area contributed by atoms with Crippen LogP contribution in [0.2, 0.25) is 5.02 Å². The van der Waals surface area contributed by atoms with Crippen LogP contribution in [-0.2, 0) is 27.1 Å². The number of benzene rings is 1. The smallest absolute Gasteiger partial charge is 0.370 e. The molecule has 0 aliphatic carbocycles. The van der Waals surface area contributed by atoms with Crippen LogP contribution in [0.1, 0.15) is 30.9 Å². The van der Waals surface area contributed by atoms with E-state index < -0.39 is 53.2 Å². The number of nitrogens with zero attached hydrogens (tertiary/aromatic N) is 3. The van der Waals surface area contributed by atoms with E-state index in [1.54, 1.807) is 0 Å². The Hall–Kier alpha value is -3.21. The number of hydrogen-bond acceptors (Lipinski definition) is 4. The fourth-order valence-corrected chi connectivity index (χ4v) is 3.75. The Morgan fingerprint density at radius 1 is 1.24 bits per heavy atom. The fraction of sp³-hybridized carbons (Fsp3) is 0.333. The predicted octanol–water partition coefficient (Wildman–Crippen LogP) is 3.29. The topological polar surface area (TPSA) is 96.6 Å². The van der Waals surface area contributed by atoms with Gasteiger partial charge >= 0.3 is 6.18 Å². The van der Waals surface area contributed by atoms with Gasteiger partial charge in [0.1, 0.15) is 12.1 Å². The van der Waals surface area contributed by atoms with E-state index in [1.807, 2.05) is 0 Å². The maximum Gasteiger partial charge on any atom is 0.416 e. The molecule has 0 bridgehead atoms. The Bertz CT molecular complexity index is 1090. The second-order valence-corrected chi connectivity index (χ2v) is 8.20. The molecule has 2 heterocycles. The van der Waals surface area contributed by atoms with E-state index in [-0.39, 0.29) is 24.4 Å². The minimum atomic E-state index is -4.53. The van der Waals surface area contributed by atoms with Gasteiger partial charge in [-0.25, -0.2) is 9.37 Å². The largest absolute Gasteiger partial charge is 0.416 e. The van der Waals surface area contributed by atoms with Crippen LogP contribution in [0.3, 0.4) is 0 Å². The average molecular weight is 487 g/mol. The maximum absolute atomic E-state index is 14.4. The van der Waals surface area contributed by atoms with E-state index in [4.69, 9.17) is 17.3 Å². The van der Waals surface area contributed by atoms with Crippen molar-refractivity contribution in [3.05, 3.63) is 58.5 Å². The zero-order valence-electron chi connectivity index (χ0n) is 17.3. The Kier molecular flexibility index (Phi) is 6.64. The molecule has 0 spiro atoms. The summed E-state index contributed by atoms with van der Waals surface area (Å²) in [5.41, 5.74) is 3.06. The van der Waals surface area contributed by atoms with E-state index in [0.29, 0.717) is 5.56 Å². The van der Waals surface area contributed by atoms with Gasteiger partial charge in [-0.3, -0.25) is 19.3 Å². The van der Waals surface area contributed by atoms with Crippen LogP contribution in [0.25, 0.3) is 0 Å². The normalized spacial score (nSPS) is 19.2. The van der Waals surface area contributed by atoms with Crippen LogP contribution in [0.5, 0.6) is 0 Å². The van der Waals surface area contributed by atoms with Crippen molar-refractivity contribution in [2.45, 2.75) is 38.0 Å². The molecule has 2 N–H and O–H groups in total. The number of primary amides is 1. The first-order valence-corrected chi connectivity index (χ1v) is 10.1. The van der Waals surface area contributed by atoms with E-state index in [9.17, 15) is 31.9 Å². The van der Waals surface area contributed by atoms with Gasteiger partial charge in [0, 0.05) is 19.2 Å². The number of halogens is 5. The summed E-state index contributed by atoms with van der Waals surface area (Å²) in [6.45, 7) is 0.625. The Labute approximate surface area is 191 Å². The van der Waals surface area contributed by atoms with Gasteiger partial charge in [-0.15, -0.1) is 0 Å². The predicted molar refractivity (Wildman–Crippen MR) is 110 cm³/mol. The van der Waals surface area contributed by atoms with Gasteiger partial charge < -0.3 is 10.6 Å². The second-order valence-electron chi connectivity index (χ2n) is 7.76. The first-order chi connectivity index (χ1) is 15.3. The zero-order chi connectivity index (χ0) is 24.6. The number of carbonyl (C=O) groups excluding carboxylic acids is 3. The summed E-state index contributed by atoms with van der Waals surface area (Å²) in [5.74, 6) is -3.38. The number of hydrogen-bond donors (Lipinski definition) is 1. The zero-order valence-corrected chi connectivity index (χ0v) is 18.1. The van der Waals surface area contributed by atoms with Gasteiger partial charge in [0.2, 0.25) is 11.8 Å². The number of carbonyl (C=O) groups is 3. The van der Waals surface area contributed by atoms with Crippen LogP contribution in [0.15, 0.2) is 36.5 Å². The molecule has 33 heavy (non-hydrogen) atoms. The van der Waals surface area contributed by atoms with Crippen LogP contribution in [-0.4, -0.2) is 39.7 Å². The van der Waals surface area contributed by atoms with Crippen molar-refractivity contribution < 1.29 is 31.9 Å². The molecular weight excluding hydrogens is 468 g/mol. The molecule has 7 nitrogen and oxygen atoms in total. The molecule has 1 aliphatic heterocycles. The highest BCUT2D eigenvalue weighted by Gasteiger charge is 2.50. The third-order valence-electron chi connectivity index (χ3n) is 5.42. The molecule has 2 aromatic rings. The monoisotopic (exact) mass is 486 g/mol. The summed E-state index contributed by atoms with van der Waals surface area (Å²) in [7, 11) is 0. The molecule has 1 atom stereocenters. The van der Waals surface area contributed by atoms with Crippen molar-refractivity contribution >= 4 is 35.1 Å². The van der Waals surface area contributed by atoms with E-state index in [2.05, 4.69) is 4.98 Å². The van der Waals surface area contributed by atoms with Crippen molar-refractivity contribution in [3.63, 3.8) is 0 Å². The molecule has 1 fully saturated rings. The van der Waals surface area contributed by atoms with Crippen molar-refractivity contribution in [2.75, 3.05) is 11.4 Å². The number of alkyl halides is 3. The number of amides is 3. The first kappa shape index (κ1) is 24.4. The minimum absolute atomic E-state index is 0.00699. The average Bonchev–Trinajstić information content (AvgIpc) is 2.73. The standard InChI is InChI=1S/C21H19ClF4N4O3/c1-20(7-6-16(27)31)19(33)29(18-15(23)8-14(22)9-28-18)11-17(32)30(20)10-12-2-4-13(5-3-12)21(24,25)26/h2-5,8-9H,6-7,10-11H2,1H3,(H2,27,31). The molecule has 1 unspecified atom stereocenters. The van der Waals surface area contributed by atoms with Gasteiger partial charge in [-0.05, 0) is 37.1 Å². The SMILES string of the molecule is CC1(CCC(N)=O)C(=O)N(c2ncc(Cl)cc2F)CC(=O)N1Cc1ccc(C(F)(F)F)cc1. The number of aromatic nitrogens is 1. The van der Waals surface area contributed by atoms with Gasteiger partial charge in [0.15, 0.2) is 11.6 Å². The quantitative estimate of drug-likeness (QED) is 0.634. The highest BCUT2D eigenvalue weighted by molar-refractivity contribution is 6.30. The second kappa shape index (κ2) is 8.97. The minimum Gasteiger partial charge on any atom is -0.370 e. The number of piperazine rings is 1. The van der Waals surface area contributed by atoms with E-state index in [0.717, 1.165) is 34.2 Å². The molecule has 3 amide bonds. The van der Waals surface area contributed by atoms with Gasteiger partial charge in [0.05, 0.1) is 10.6 Å². The van der Waals surface area contributed by atoms with Crippen molar-refractivity contribution in [1.29, 1.82) is 0 Å². The highest BCUT2D eigenvalue weighted by Crippen LogP contribution is 2.34. The molecular formula is C21H19ClF4N4O3. The summed E-state index contributed by atoms with van der Waals surface area (Å²) in [6.07, 6.45) is -3.85. The summed E-state index contributed by atoms with van der Waals surface area (Å²) in [4.78, 5) is 43.7. The third-order valence-corrected chi connectivity index (χ3v) is 5.63. The Balaban J connectivity index is 1.96. The van der Waals surface area contributed by atoms with Crippen LogP contribution < -0.4 is 10.6 Å². The van der Waals surface area contributed by atoms with Crippen molar-refractivity contribution in [1.82, 2.24) is 9.88 Å². The van der Waals surface area contributed by atoms with E-state index >= 15 is 0 Å². The number of pyridine rings is 1. The number of rotatable bonds is 6. The first-order valence-electron chi connectivity index (χ1n) is 9.71.